The van der Waals surface area contributed by atoms with Gasteiger partial charge in [-0.3, -0.25) is 24.1 Å². The molecule has 1 aromatic heterocycles. The lowest BCUT2D eigenvalue weighted by Gasteiger charge is -2.49. The van der Waals surface area contributed by atoms with Crippen LogP contribution in [-0.4, -0.2) is 76.7 Å². The molecule has 0 radical (unpaired) electrons. The first-order chi connectivity index (χ1) is 33.5. The number of β-lactam (4-membered cyclic amide) rings is 1. The Morgan fingerprint density at radius 2 is 1.41 bits per heavy atom. The molecule has 0 unspecified atom stereocenters. The van der Waals surface area contributed by atoms with Crippen molar-refractivity contribution in [2.45, 2.75) is 37.4 Å². The van der Waals surface area contributed by atoms with Gasteiger partial charge in [-0.2, -0.15) is 0 Å². The number of oxime groups is 1. The lowest BCUT2D eigenvalue weighted by atomic mass is 9.77. The molecule has 350 valence electrons. The van der Waals surface area contributed by atoms with E-state index in [1.165, 1.54) is 61.1 Å². The SMILES string of the molecule is CO/N=C(\C(=O)N[C@@H]1C(=O)N2C(C(=O)OCc3ccc(OC)cc3)=C(C=Cc3ccc(OC(C)=O)c(OC(C)=O)c3)CS[C@H]12)c1csc(NC(c2ccccc2)(c2ccccc2)c2ccccc2)n1. The molecule has 69 heavy (non-hydrogen) atoms. The molecule has 2 atom stereocenters. The average molecular weight is 964 g/mol. The van der Waals surface area contributed by atoms with Crippen molar-refractivity contribution in [2.24, 2.45) is 5.16 Å². The highest BCUT2D eigenvalue weighted by atomic mass is 32.2. The normalized spacial score (nSPS) is 15.7. The van der Waals surface area contributed by atoms with E-state index in [0.29, 0.717) is 27.6 Å². The highest BCUT2D eigenvalue weighted by Crippen LogP contribution is 2.43. The van der Waals surface area contributed by atoms with Gasteiger partial charge in [-0.1, -0.05) is 127 Å². The molecule has 0 aliphatic carbocycles. The molecule has 1 fully saturated rings. The van der Waals surface area contributed by atoms with E-state index in [0.717, 1.165) is 16.7 Å². The zero-order valence-corrected chi connectivity index (χ0v) is 39.4. The van der Waals surface area contributed by atoms with Gasteiger partial charge in [0.25, 0.3) is 11.8 Å². The number of nitrogens with one attached hydrogen (secondary N) is 2. The molecule has 8 rings (SSSR count). The van der Waals surface area contributed by atoms with Crippen molar-refractivity contribution in [2.75, 3.05) is 25.3 Å². The van der Waals surface area contributed by atoms with Crippen LogP contribution in [0.3, 0.4) is 0 Å². The Kier molecular flexibility index (Phi) is 14.7. The largest absolute Gasteiger partial charge is 0.497 e. The number of rotatable bonds is 17. The molecular formula is C52H45N5O10S2. The van der Waals surface area contributed by atoms with E-state index in [2.05, 4.69) is 15.8 Å². The van der Waals surface area contributed by atoms with Gasteiger partial charge < -0.3 is 34.4 Å². The van der Waals surface area contributed by atoms with Crippen LogP contribution in [0.5, 0.6) is 17.2 Å². The number of fused-ring (bicyclic) bond motifs is 1. The summed E-state index contributed by atoms with van der Waals surface area (Å²) < 4.78 is 21.5. The summed E-state index contributed by atoms with van der Waals surface area (Å²) in [5, 5.41) is 12.1. The predicted molar refractivity (Wildman–Crippen MR) is 261 cm³/mol. The Labute approximate surface area is 405 Å². The molecule has 0 bridgehead atoms. The van der Waals surface area contributed by atoms with Crippen LogP contribution in [0.1, 0.15) is 47.4 Å². The van der Waals surface area contributed by atoms with Crippen LogP contribution in [-0.2, 0) is 45.7 Å². The molecular weight excluding hydrogens is 919 g/mol. The van der Waals surface area contributed by atoms with E-state index in [1.807, 2.05) is 91.0 Å². The summed E-state index contributed by atoms with van der Waals surface area (Å²) >= 11 is 2.61. The number of thiazole rings is 1. The first kappa shape index (κ1) is 47.5. The van der Waals surface area contributed by atoms with E-state index in [1.54, 1.807) is 55.0 Å². The highest BCUT2D eigenvalue weighted by Gasteiger charge is 2.54. The number of hydrogen-bond acceptors (Lipinski definition) is 15. The number of thioether (sulfide) groups is 1. The molecule has 2 amide bonds. The van der Waals surface area contributed by atoms with Gasteiger partial charge >= 0.3 is 17.9 Å². The summed E-state index contributed by atoms with van der Waals surface area (Å²) in [6, 6.07) is 40.6. The number of methoxy groups -OCH3 is 1. The van der Waals surface area contributed by atoms with E-state index in [4.69, 9.17) is 28.8 Å². The maximum absolute atomic E-state index is 14.2. The highest BCUT2D eigenvalue weighted by molar-refractivity contribution is 8.00. The van der Waals surface area contributed by atoms with Gasteiger partial charge in [-0.05, 0) is 57.7 Å². The lowest BCUT2D eigenvalue weighted by Crippen LogP contribution is -2.71. The zero-order valence-electron chi connectivity index (χ0n) is 37.7. The summed E-state index contributed by atoms with van der Waals surface area (Å²) in [7, 11) is 2.86. The molecule has 1 saturated heterocycles. The lowest BCUT2D eigenvalue weighted by molar-refractivity contribution is -0.153. The van der Waals surface area contributed by atoms with Crippen molar-refractivity contribution >= 4 is 69.7 Å². The fraction of sp³-hybridized carbons (Fsp3) is 0.173. The van der Waals surface area contributed by atoms with Gasteiger partial charge in [0, 0.05) is 25.0 Å². The summed E-state index contributed by atoms with van der Waals surface area (Å²) in [6.07, 6.45) is 3.32. The van der Waals surface area contributed by atoms with Gasteiger partial charge in [-0.25, -0.2) is 9.78 Å². The molecule has 5 aromatic carbocycles. The molecule has 17 heteroatoms. The van der Waals surface area contributed by atoms with Crippen molar-refractivity contribution in [1.82, 2.24) is 15.2 Å². The number of carbonyl (C=O) groups excluding carboxylic acids is 5. The van der Waals surface area contributed by atoms with Crippen molar-refractivity contribution in [1.29, 1.82) is 0 Å². The van der Waals surface area contributed by atoms with Crippen molar-refractivity contribution in [3.63, 3.8) is 0 Å². The van der Waals surface area contributed by atoms with Gasteiger partial charge in [0.05, 0.1) is 7.11 Å². The molecule has 2 aliphatic rings. The Morgan fingerprint density at radius 1 is 0.797 bits per heavy atom. The fourth-order valence-corrected chi connectivity index (χ4v) is 9.95. The number of nitrogens with zero attached hydrogens (tertiary/aromatic N) is 3. The van der Waals surface area contributed by atoms with E-state index >= 15 is 0 Å². The molecule has 0 spiro atoms. The van der Waals surface area contributed by atoms with Gasteiger partial charge in [0.15, 0.2) is 22.3 Å². The van der Waals surface area contributed by atoms with Gasteiger partial charge in [0.1, 0.15) is 47.8 Å². The molecule has 2 aliphatic heterocycles. The number of hydrogen-bond donors (Lipinski definition) is 2. The zero-order chi connectivity index (χ0) is 48.5. The number of benzene rings is 5. The van der Waals surface area contributed by atoms with Crippen LogP contribution in [0.2, 0.25) is 0 Å². The summed E-state index contributed by atoms with van der Waals surface area (Å²) in [4.78, 5) is 77.4. The maximum Gasteiger partial charge on any atom is 0.355 e. The third-order valence-corrected chi connectivity index (χ3v) is 13.1. The fourth-order valence-electron chi connectivity index (χ4n) is 7.88. The first-order valence-electron chi connectivity index (χ1n) is 21.5. The van der Waals surface area contributed by atoms with Crippen molar-refractivity contribution in [3.05, 3.63) is 190 Å². The predicted octanol–water partition coefficient (Wildman–Crippen LogP) is 7.87. The second-order valence-corrected chi connectivity index (χ2v) is 17.5. The summed E-state index contributed by atoms with van der Waals surface area (Å²) in [5.74, 6) is -2.32. The number of anilines is 1. The Balaban J connectivity index is 1.05. The quantitative estimate of drug-likeness (QED) is 0.0225. The van der Waals surface area contributed by atoms with Crippen LogP contribution in [0, 0.1) is 0 Å². The summed E-state index contributed by atoms with van der Waals surface area (Å²) in [5.41, 5.74) is 3.70. The molecule has 15 nitrogen and oxygen atoms in total. The number of allylic oxidation sites excluding steroid dienone is 1. The smallest absolute Gasteiger partial charge is 0.355 e. The Morgan fingerprint density at radius 3 is 1.99 bits per heavy atom. The van der Waals surface area contributed by atoms with Crippen molar-refractivity contribution < 1.29 is 47.8 Å². The standard InChI is InChI=1S/C52H45N5O10S2/c1-32(58)66-42-27-23-34(28-43(42)67-33(2)59)20-24-36-30-68-49-45(48(61)57(49)46(36)50(62)65-29-35-21-25-40(63-3)26-22-35)54-47(60)44(56-64-4)41-31-69-51(53-41)55-52(37-14-8-5-9-15-37,38-16-10-6-11-17-38)39-18-12-7-13-19-39/h5-28,31,45,49H,29-30H2,1-4H3,(H,53,55)(H,54,60)/b24-20?,56-44-/t45-,49-/m1/s1. The molecule has 3 heterocycles. The second-order valence-electron chi connectivity index (χ2n) is 15.5. The number of carbonyl (C=O) groups is 5. The minimum atomic E-state index is -1.06. The van der Waals surface area contributed by atoms with E-state index in [9.17, 15) is 24.0 Å². The Bertz CT molecular complexity index is 2860. The van der Waals surface area contributed by atoms with Crippen LogP contribution >= 0.6 is 23.1 Å². The number of aromatic nitrogens is 1. The first-order valence-corrected chi connectivity index (χ1v) is 23.4. The van der Waals surface area contributed by atoms with Crippen LogP contribution in [0.4, 0.5) is 5.13 Å². The number of amides is 2. The van der Waals surface area contributed by atoms with E-state index in [-0.39, 0.29) is 41.0 Å². The Hall–Kier alpha value is -8.02. The maximum atomic E-state index is 14.2. The molecule has 0 saturated carbocycles. The topological polar surface area (TPSA) is 184 Å². The minimum absolute atomic E-state index is 0.00418. The number of esters is 3. The van der Waals surface area contributed by atoms with E-state index < -0.39 is 46.7 Å². The summed E-state index contributed by atoms with van der Waals surface area (Å²) in [6.45, 7) is 2.35. The molecule has 6 aromatic rings. The second kappa shape index (κ2) is 21.3. The average Bonchev–Trinajstić information content (AvgIpc) is 3.83. The van der Waals surface area contributed by atoms with Crippen LogP contribution in [0.25, 0.3) is 6.08 Å². The van der Waals surface area contributed by atoms with Crippen LogP contribution < -0.4 is 24.8 Å². The van der Waals surface area contributed by atoms with Gasteiger partial charge in [0.2, 0.25) is 0 Å². The number of ether oxygens (including phenoxy) is 4. The third kappa shape index (κ3) is 10.4. The van der Waals surface area contributed by atoms with Crippen molar-refractivity contribution in [3.8, 4) is 17.2 Å². The van der Waals surface area contributed by atoms with Crippen LogP contribution in [0.15, 0.2) is 161 Å². The molecule has 2 N–H and O–H groups in total. The monoisotopic (exact) mass is 963 g/mol. The van der Waals surface area contributed by atoms with Gasteiger partial charge in [-0.15, -0.1) is 23.1 Å². The minimum Gasteiger partial charge on any atom is -0.497 e. The third-order valence-electron chi connectivity index (χ3n) is 11.0.